The van der Waals surface area contributed by atoms with E-state index in [0.717, 1.165) is 6.54 Å². The van der Waals surface area contributed by atoms with E-state index in [1.807, 2.05) is 40.7 Å². The lowest BCUT2D eigenvalue weighted by Crippen LogP contribution is -2.49. The summed E-state index contributed by atoms with van der Waals surface area (Å²) in [5.74, 6) is 0.596. The van der Waals surface area contributed by atoms with Gasteiger partial charge in [-0.25, -0.2) is 0 Å². The van der Waals surface area contributed by atoms with Crippen LogP contribution in [-0.2, 0) is 4.79 Å². The van der Waals surface area contributed by atoms with E-state index in [1.54, 1.807) is 12.1 Å². The van der Waals surface area contributed by atoms with Crippen LogP contribution in [0.5, 0.6) is 11.5 Å². The zero-order valence-electron chi connectivity index (χ0n) is 12.7. The van der Waals surface area contributed by atoms with Crippen molar-refractivity contribution in [1.82, 2.24) is 5.32 Å². The first-order valence-electron chi connectivity index (χ1n) is 6.82. The summed E-state index contributed by atoms with van der Waals surface area (Å²) in [5.41, 5.74) is 0.0748. The summed E-state index contributed by atoms with van der Waals surface area (Å²) in [4.78, 5) is 12.2. The third kappa shape index (κ3) is 3.04. The molecule has 0 radical (unpaired) electrons. The summed E-state index contributed by atoms with van der Waals surface area (Å²) in [6.07, 6.45) is 0. The number of ether oxygens (including phenoxy) is 2. The third-order valence-corrected chi connectivity index (χ3v) is 3.10. The van der Waals surface area contributed by atoms with Gasteiger partial charge < -0.3 is 20.1 Å². The molecule has 1 aliphatic heterocycles. The average molecular weight is 278 g/mol. The molecular formula is C15H22N2O3. The Morgan fingerprint density at radius 2 is 1.90 bits per heavy atom. The topological polar surface area (TPSA) is 59.6 Å². The number of nitrogens with one attached hydrogen (secondary N) is 2. The second-order valence-corrected chi connectivity index (χ2v) is 5.87. The third-order valence-electron chi connectivity index (χ3n) is 3.10. The van der Waals surface area contributed by atoms with Crippen molar-refractivity contribution in [2.24, 2.45) is 0 Å². The van der Waals surface area contributed by atoms with Gasteiger partial charge in [-0.2, -0.15) is 0 Å². The smallest absolute Gasteiger partial charge is 0.246 e. The molecule has 2 rings (SSSR count). The van der Waals surface area contributed by atoms with E-state index in [4.69, 9.17) is 9.47 Å². The van der Waals surface area contributed by atoms with Gasteiger partial charge in [-0.3, -0.25) is 4.79 Å². The minimum absolute atomic E-state index is 0.0857. The van der Waals surface area contributed by atoms with Crippen molar-refractivity contribution in [3.8, 4) is 11.5 Å². The van der Waals surface area contributed by atoms with E-state index in [2.05, 4.69) is 10.6 Å². The average Bonchev–Trinajstić information content (AvgIpc) is 2.62. The van der Waals surface area contributed by atoms with E-state index in [0.29, 0.717) is 17.2 Å². The van der Waals surface area contributed by atoms with Crippen LogP contribution in [0.2, 0.25) is 0 Å². The lowest BCUT2D eigenvalue weighted by atomic mass is 10.0. The summed E-state index contributed by atoms with van der Waals surface area (Å²) in [7, 11) is 0. The minimum atomic E-state index is -0.659. The zero-order valence-corrected chi connectivity index (χ0v) is 12.7. The molecule has 0 aliphatic carbocycles. The predicted molar refractivity (Wildman–Crippen MR) is 78.2 cm³/mol. The van der Waals surface area contributed by atoms with Gasteiger partial charge in [-0.05, 0) is 32.5 Å². The number of rotatable bonds is 4. The standard InChI is InChI=1S/C15H22N2O3/c1-6-16-14(2,3)13(18)17-10-7-8-11-12(9-10)20-15(4,5)19-11/h7-9,16H,6H2,1-5H3,(H,17,18). The van der Waals surface area contributed by atoms with Crippen LogP contribution in [0.4, 0.5) is 5.69 Å². The number of likely N-dealkylation sites (N-methyl/N-ethyl adjacent to an activating group) is 1. The van der Waals surface area contributed by atoms with Gasteiger partial charge in [0.1, 0.15) is 0 Å². The lowest BCUT2D eigenvalue weighted by molar-refractivity contribution is -0.121. The Bertz CT molecular complexity index is 524. The predicted octanol–water partition coefficient (Wildman–Crippen LogP) is 2.52. The molecule has 1 amide bonds. The largest absolute Gasteiger partial charge is 0.449 e. The van der Waals surface area contributed by atoms with Crippen LogP contribution < -0.4 is 20.1 Å². The Morgan fingerprint density at radius 1 is 1.25 bits per heavy atom. The molecule has 1 heterocycles. The van der Waals surface area contributed by atoms with E-state index in [-0.39, 0.29) is 5.91 Å². The fourth-order valence-electron chi connectivity index (χ4n) is 2.11. The highest BCUT2D eigenvalue weighted by Gasteiger charge is 2.32. The van der Waals surface area contributed by atoms with Gasteiger partial charge in [-0.1, -0.05) is 6.92 Å². The molecule has 1 aliphatic rings. The fraction of sp³-hybridized carbons (Fsp3) is 0.533. The molecule has 0 aromatic heterocycles. The van der Waals surface area contributed by atoms with Crippen molar-refractivity contribution < 1.29 is 14.3 Å². The van der Waals surface area contributed by atoms with Gasteiger partial charge in [0, 0.05) is 25.6 Å². The first kappa shape index (κ1) is 14.7. The molecule has 0 saturated heterocycles. The van der Waals surface area contributed by atoms with Crippen LogP contribution in [-0.4, -0.2) is 23.8 Å². The highest BCUT2D eigenvalue weighted by molar-refractivity contribution is 5.97. The lowest BCUT2D eigenvalue weighted by Gasteiger charge is -2.24. The van der Waals surface area contributed by atoms with E-state index >= 15 is 0 Å². The number of hydrogen-bond donors (Lipinski definition) is 2. The van der Waals surface area contributed by atoms with Crippen LogP contribution in [0, 0.1) is 0 Å². The second-order valence-electron chi connectivity index (χ2n) is 5.87. The molecule has 0 fully saturated rings. The number of amides is 1. The molecule has 0 unspecified atom stereocenters. The van der Waals surface area contributed by atoms with E-state index in [1.165, 1.54) is 0 Å². The molecule has 5 heteroatoms. The molecule has 0 atom stereocenters. The highest BCUT2D eigenvalue weighted by Crippen LogP contribution is 2.40. The zero-order chi connectivity index (χ0) is 15.0. The maximum Gasteiger partial charge on any atom is 0.246 e. The number of carbonyl (C=O) groups is 1. The van der Waals surface area contributed by atoms with Gasteiger partial charge in [0.25, 0.3) is 0 Å². The van der Waals surface area contributed by atoms with Gasteiger partial charge >= 0.3 is 0 Å². The molecule has 1 aromatic carbocycles. The van der Waals surface area contributed by atoms with Gasteiger partial charge in [0.15, 0.2) is 11.5 Å². The fourth-order valence-corrected chi connectivity index (χ4v) is 2.11. The Labute approximate surface area is 119 Å². The molecule has 5 nitrogen and oxygen atoms in total. The van der Waals surface area contributed by atoms with Crippen molar-refractivity contribution in [2.75, 3.05) is 11.9 Å². The Balaban J connectivity index is 2.11. The first-order valence-corrected chi connectivity index (χ1v) is 6.82. The van der Waals surface area contributed by atoms with Gasteiger partial charge in [0.2, 0.25) is 11.7 Å². The quantitative estimate of drug-likeness (QED) is 0.888. The van der Waals surface area contributed by atoms with Gasteiger partial charge in [0.05, 0.1) is 5.54 Å². The van der Waals surface area contributed by atoms with Crippen LogP contribution in [0.1, 0.15) is 34.6 Å². The first-order chi connectivity index (χ1) is 9.23. The number of carbonyl (C=O) groups excluding carboxylic acids is 1. The number of fused-ring (bicyclic) bond motifs is 1. The van der Waals surface area contributed by atoms with Gasteiger partial charge in [-0.15, -0.1) is 0 Å². The SMILES string of the molecule is CCNC(C)(C)C(=O)Nc1ccc2c(c1)OC(C)(C)O2. The van der Waals surface area contributed by atoms with Crippen LogP contribution in [0.25, 0.3) is 0 Å². The van der Waals surface area contributed by atoms with Crippen molar-refractivity contribution in [3.05, 3.63) is 18.2 Å². The van der Waals surface area contributed by atoms with Crippen molar-refractivity contribution in [3.63, 3.8) is 0 Å². The van der Waals surface area contributed by atoms with E-state index < -0.39 is 11.3 Å². The number of hydrogen-bond acceptors (Lipinski definition) is 4. The van der Waals surface area contributed by atoms with Crippen LogP contribution in [0.3, 0.4) is 0 Å². The molecular weight excluding hydrogens is 256 g/mol. The Kier molecular flexibility index (Phi) is 3.65. The molecule has 110 valence electrons. The molecule has 1 aromatic rings. The molecule has 0 saturated carbocycles. The summed E-state index contributed by atoms with van der Waals surface area (Å²) < 4.78 is 11.3. The summed E-state index contributed by atoms with van der Waals surface area (Å²) in [6.45, 7) is 10.1. The Hall–Kier alpha value is -1.75. The Morgan fingerprint density at radius 3 is 2.55 bits per heavy atom. The molecule has 0 bridgehead atoms. The molecule has 0 spiro atoms. The monoisotopic (exact) mass is 278 g/mol. The normalized spacial score (nSPS) is 16.1. The molecule has 2 N–H and O–H groups in total. The van der Waals surface area contributed by atoms with Crippen LogP contribution >= 0.6 is 0 Å². The minimum Gasteiger partial charge on any atom is -0.449 e. The maximum atomic E-state index is 12.2. The number of benzene rings is 1. The van der Waals surface area contributed by atoms with Crippen molar-refractivity contribution >= 4 is 11.6 Å². The maximum absolute atomic E-state index is 12.2. The van der Waals surface area contributed by atoms with Crippen LogP contribution in [0.15, 0.2) is 18.2 Å². The number of anilines is 1. The van der Waals surface area contributed by atoms with E-state index in [9.17, 15) is 4.79 Å². The summed E-state index contributed by atoms with van der Waals surface area (Å²) >= 11 is 0. The van der Waals surface area contributed by atoms with Crippen molar-refractivity contribution in [2.45, 2.75) is 45.9 Å². The second kappa shape index (κ2) is 4.98. The summed E-state index contributed by atoms with van der Waals surface area (Å²) in [5, 5.41) is 6.03. The molecule has 20 heavy (non-hydrogen) atoms. The summed E-state index contributed by atoms with van der Waals surface area (Å²) in [6, 6.07) is 5.40. The van der Waals surface area contributed by atoms with Crippen molar-refractivity contribution in [1.29, 1.82) is 0 Å². The highest BCUT2D eigenvalue weighted by atomic mass is 16.7.